The van der Waals surface area contributed by atoms with Crippen molar-refractivity contribution in [1.29, 1.82) is 0 Å². The van der Waals surface area contributed by atoms with Gasteiger partial charge < -0.3 is 15.0 Å². The second kappa shape index (κ2) is 9.14. The number of hydrogen-bond donors (Lipinski definition) is 1. The molecule has 1 aliphatic rings. The van der Waals surface area contributed by atoms with Gasteiger partial charge in [-0.3, -0.25) is 4.79 Å². The van der Waals surface area contributed by atoms with Crippen molar-refractivity contribution >= 4 is 46.4 Å². The van der Waals surface area contributed by atoms with Gasteiger partial charge in [0, 0.05) is 18.8 Å². The number of piperidine rings is 1. The molecule has 1 atom stereocenters. The fraction of sp³-hybridized carbons (Fsp3) is 0.588. The van der Waals surface area contributed by atoms with Crippen LogP contribution in [0.4, 0.5) is 5.69 Å². The number of rotatable bonds is 6. The molecule has 0 aliphatic carbocycles. The summed E-state index contributed by atoms with van der Waals surface area (Å²) in [4.78, 5) is 14.1. The molecule has 0 spiro atoms. The predicted octanol–water partition coefficient (Wildman–Crippen LogP) is 4.50. The van der Waals surface area contributed by atoms with E-state index in [2.05, 4.69) is 17.1 Å². The number of ether oxygens (including phenoxy) is 1. The lowest BCUT2D eigenvalue weighted by atomic mass is 10.0. The number of nitrogens with one attached hydrogen (secondary N) is 1. The maximum absolute atomic E-state index is 11.6. The molecule has 0 unspecified atom stereocenters. The fourth-order valence-electron chi connectivity index (χ4n) is 2.80. The minimum Gasteiger partial charge on any atom is -0.494 e. The minimum atomic E-state index is -1.97. The van der Waals surface area contributed by atoms with Crippen LogP contribution < -0.4 is 10.1 Å². The van der Waals surface area contributed by atoms with Gasteiger partial charge in [0.05, 0.1) is 6.61 Å². The van der Waals surface area contributed by atoms with Gasteiger partial charge in [-0.1, -0.05) is 41.7 Å². The van der Waals surface area contributed by atoms with E-state index in [4.69, 9.17) is 39.5 Å². The maximum atomic E-state index is 11.6. The third-order valence-electron chi connectivity index (χ3n) is 4.00. The smallest absolute Gasteiger partial charge is 0.276 e. The van der Waals surface area contributed by atoms with Crippen molar-refractivity contribution in [3.05, 3.63) is 24.3 Å². The molecule has 1 amide bonds. The molecule has 134 valence electrons. The molecule has 0 bridgehead atoms. The average Bonchev–Trinajstić information content (AvgIpc) is 2.52. The highest BCUT2D eigenvalue weighted by molar-refractivity contribution is 6.76. The van der Waals surface area contributed by atoms with Crippen molar-refractivity contribution in [1.82, 2.24) is 4.90 Å². The van der Waals surface area contributed by atoms with E-state index in [0.717, 1.165) is 24.6 Å². The number of alkyl halides is 3. The van der Waals surface area contributed by atoms with Crippen LogP contribution in [0.5, 0.6) is 5.75 Å². The van der Waals surface area contributed by atoms with Crippen LogP contribution in [0.1, 0.15) is 26.2 Å². The number of halogens is 3. The molecule has 1 aromatic rings. The van der Waals surface area contributed by atoms with Gasteiger partial charge in [0.25, 0.3) is 9.70 Å². The van der Waals surface area contributed by atoms with E-state index in [1.54, 1.807) is 24.3 Å². The molecule has 1 aromatic carbocycles. The molecule has 0 aromatic heterocycles. The zero-order valence-electron chi connectivity index (χ0n) is 13.7. The van der Waals surface area contributed by atoms with Crippen molar-refractivity contribution < 1.29 is 9.53 Å². The van der Waals surface area contributed by atoms with E-state index < -0.39 is 9.70 Å². The Bertz CT molecular complexity index is 532. The summed E-state index contributed by atoms with van der Waals surface area (Å²) in [6.45, 7) is 6.44. The number of carbonyl (C=O) groups excluding carboxylic acids is 1. The number of hydrogen-bond acceptors (Lipinski definition) is 3. The molecule has 0 radical (unpaired) electrons. The summed E-state index contributed by atoms with van der Waals surface area (Å²) >= 11 is 16.5. The lowest BCUT2D eigenvalue weighted by Gasteiger charge is -2.30. The van der Waals surface area contributed by atoms with Gasteiger partial charge >= 0.3 is 0 Å². The summed E-state index contributed by atoms with van der Waals surface area (Å²) < 4.78 is 3.76. The number of likely N-dealkylation sites (tertiary alicyclic amines) is 1. The van der Waals surface area contributed by atoms with Gasteiger partial charge in [-0.2, -0.15) is 0 Å². The lowest BCUT2D eigenvalue weighted by Crippen LogP contribution is -2.35. The second-order valence-corrected chi connectivity index (χ2v) is 8.51. The van der Waals surface area contributed by atoms with E-state index in [9.17, 15) is 4.79 Å². The Hall–Kier alpha value is -0.680. The number of anilines is 1. The first kappa shape index (κ1) is 19.6. The molecular formula is C17H23Cl3N2O2. The van der Waals surface area contributed by atoms with E-state index in [-0.39, 0.29) is 0 Å². The molecule has 1 heterocycles. The van der Waals surface area contributed by atoms with Gasteiger partial charge in [0.2, 0.25) is 0 Å². The first-order chi connectivity index (χ1) is 11.3. The predicted molar refractivity (Wildman–Crippen MR) is 100 cm³/mol. The zero-order chi connectivity index (χ0) is 17.6. The standard InChI is InChI=1S/C17H23Cl3N2O2/c1-13-4-2-9-22(12-13)10-3-11-24-15-7-5-14(6-8-15)21-16(23)17(18,19)20/h5-8,13H,2-4,9-12H2,1H3,(H,21,23)/t13-/m1/s1. The normalized spacial score (nSPS) is 19.1. The van der Waals surface area contributed by atoms with Gasteiger partial charge in [0.1, 0.15) is 5.75 Å². The lowest BCUT2D eigenvalue weighted by molar-refractivity contribution is -0.115. The second-order valence-electron chi connectivity index (χ2n) is 6.23. The first-order valence-electron chi connectivity index (χ1n) is 8.18. The molecule has 2 rings (SSSR count). The number of benzene rings is 1. The molecule has 24 heavy (non-hydrogen) atoms. The number of amides is 1. The fourth-order valence-corrected chi connectivity index (χ4v) is 2.95. The summed E-state index contributed by atoms with van der Waals surface area (Å²) in [6.07, 6.45) is 3.63. The molecule has 7 heteroatoms. The van der Waals surface area contributed by atoms with Crippen molar-refractivity contribution in [2.45, 2.75) is 30.0 Å². The summed E-state index contributed by atoms with van der Waals surface area (Å²) in [7, 11) is 0. The van der Waals surface area contributed by atoms with Crippen LogP contribution in [0, 0.1) is 5.92 Å². The van der Waals surface area contributed by atoms with Crippen LogP contribution in [-0.4, -0.2) is 40.8 Å². The Morgan fingerprint density at radius 3 is 2.67 bits per heavy atom. The topological polar surface area (TPSA) is 41.6 Å². The third kappa shape index (κ3) is 6.67. The number of carbonyl (C=O) groups is 1. The van der Waals surface area contributed by atoms with Gasteiger partial charge in [0.15, 0.2) is 0 Å². The number of nitrogens with zero attached hydrogens (tertiary/aromatic N) is 1. The Labute approximate surface area is 158 Å². The Morgan fingerprint density at radius 2 is 2.04 bits per heavy atom. The largest absolute Gasteiger partial charge is 0.494 e. The quantitative estimate of drug-likeness (QED) is 0.571. The van der Waals surface area contributed by atoms with E-state index in [1.807, 2.05) is 0 Å². The van der Waals surface area contributed by atoms with Crippen molar-refractivity contribution in [3.8, 4) is 5.75 Å². The van der Waals surface area contributed by atoms with Gasteiger partial charge in [-0.15, -0.1) is 0 Å². The molecular weight excluding hydrogens is 371 g/mol. The average molecular weight is 394 g/mol. The molecule has 1 N–H and O–H groups in total. The van der Waals surface area contributed by atoms with Crippen LogP contribution in [-0.2, 0) is 4.79 Å². The van der Waals surface area contributed by atoms with Crippen LogP contribution in [0.2, 0.25) is 0 Å². The minimum absolute atomic E-state index is 0.556. The van der Waals surface area contributed by atoms with Crippen LogP contribution in [0.25, 0.3) is 0 Å². The van der Waals surface area contributed by atoms with Gasteiger partial charge in [-0.05, 0) is 56.0 Å². The van der Waals surface area contributed by atoms with Crippen LogP contribution in [0.3, 0.4) is 0 Å². The Kier molecular flexibility index (Phi) is 7.48. The van der Waals surface area contributed by atoms with Crippen LogP contribution >= 0.6 is 34.8 Å². The van der Waals surface area contributed by atoms with Crippen molar-refractivity contribution in [2.75, 3.05) is 31.6 Å². The van der Waals surface area contributed by atoms with E-state index in [0.29, 0.717) is 12.3 Å². The highest BCUT2D eigenvalue weighted by atomic mass is 35.6. The summed E-state index contributed by atoms with van der Waals surface area (Å²) in [5, 5.41) is 2.53. The highest BCUT2D eigenvalue weighted by Gasteiger charge is 2.30. The Balaban J connectivity index is 1.69. The molecule has 1 fully saturated rings. The van der Waals surface area contributed by atoms with Crippen LogP contribution in [0.15, 0.2) is 24.3 Å². The molecule has 1 aliphatic heterocycles. The van der Waals surface area contributed by atoms with Gasteiger partial charge in [-0.25, -0.2) is 0 Å². The van der Waals surface area contributed by atoms with E-state index >= 15 is 0 Å². The molecule has 4 nitrogen and oxygen atoms in total. The summed E-state index contributed by atoms with van der Waals surface area (Å²) in [5.74, 6) is 0.876. The monoisotopic (exact) mass is 392 g/mol. The van der Waals surface area contributed by atoms with Crippen molar-refractivity contribution in [2.24, 2.45) is 5.92 Å². The third-order valence-corrected chi connectivity index (χ3v) is 4.51. The maximum Gasteiger partial charge on any atom is 0.276 e. The first-order valence-corrected chi connectivity index (χ1v) is 9.31. The van der Waals surface area contributed by atoms with Crippen molar-refractivity contribution in [3.63, 3.8) is 0 Å². The summed E-state index contributed by atoms with van der Waals surface area (Å²) in [5.41, 5.74) is 0.556. The zero-order valence-corrected chi connectivity index (χ0v) is 16.0. The SMILES string of the molecule is C[C@@H]1CCCN(CCCOc2ccc(NC(=O)C(Cl)(Cl)Cl)cc2)C1. The molecule has 0 saturated carbocycles. The highest BCUT2D eigenvalue weighted by Crippen LogP contribution is 2.28. The molecule has 1 saturated heterocycles. The summed E-state index contributed by atoms with van der Waals surface area (Å²) in [6, 6.07) is 7.01. The Morgan fingerprint density at radius 1 is 1.33 bits per heavy atom. The van der Waals surface area contributed by atoms with E-state index in [1.165, 1.54) is 25.9 Å².